The number of ketones is 1. The van der Waals surface area contributed by atoms with Crippen LogP contribution < -0.4 is 0 Å². The van der Waals surface area contributed by atoms with Crippen molar-refractivity contribution in [1.82, 2.24) is 0 Å². The van der Waals surface area contributed by atoms with Crippen LogP contribution in [0.5, 0.6) is 0 Å². The van der Waals surface area contributed by atoms with Crippen LogP contribution in [0, 0.1) is 39.9 Å². The molecule has 1 spiro atoms. The summed E-state index contributed by atoms with van der Waals surface area (Å²) < 4.78 is 12.7. The van der Waals surface area contributed by atoms with E-state index in [-0.39, 0.29) is 21.8 Å². The summed E-state index contributed by atoms with van der Waals surface area (Å²) in [5.41, 5.74) is -0.157. The van der Waals surface area contributed by atoms with E-state index in [1.165, 1.54) is 0 Å². The summed E-state index contributed by atoms with van der Waals surface area (Å²) in [6.45, 7) is 11.7. The van der Waals surface area contributed by atoms with Crippen molar-refractivity contribution >= 4 is 5.78 Å². The number of fused-ring (bicyclic) bond motifs is 1. The van der Waals surface area contributed by atoms with Gasteiger partial charge in [-0.15, -0.1) is 0 Å². The van der Waals surface area contributed by atoms with E-state index in [9.17, 15) is 4.79 Å². The lowest BCUT2D eigenvalue weighted by Crippen LogP contribution is -2.78. The van der Waals surface area contributed by atoms with Crippen LogP contribution in [0.2, 0.25) is 0 Å². The average molecular weight is 332 g/mol. The molecule has 0 aromatic rings. The van der Waals surface area contributed by atoms with E-state index in [0.717, 1.165) is 25.7 Å². The normalized spacial score (nSPS) is 62.8. The van der Waals surface area contributed by atoms with Crippen molar-refractivity contribution in [2.45, 2.75) is 78.1 Å². The largest absolute Gasteiger partial charge is 0.381 e. The molecule has 1 aliphatic heterocycles. The zero-order valence-electron chi connectivity index (χ0n) is 16.0. The Kier molecular flexibility index (Phi) is 2.71. The summed E-state index contributed by atoms with van der Waals surface area (Å²) in [7, 11) is 1.85. The fourth-order valence-corrected chi connectivity index (χ4v) is 8.78. The number of hydrogen-bond donors (Lipinski definition) is 0. The standard InChI is InChI=1S/C21H32O3/c1-11-7-13-12(17(11)23-6)9-19(4)15(22)8-14-18(2,3)10-16-20(14,5)21(13,19)24-16/h11-14,16-17H,7-10H2,1-6H3/t11-,12+,13+,14+,16-,17+,19-,20+,21+/m1/s1. The first kappa shape index (κ1) is 15.8. The monoisotopic (exact) mass is 332 g/mol. The zero-order valence-corrected chi connectivity index (χ0v) is 16.0. The molecule has 0 radical (unpaired) electrons. The topological polar surface area (TPSA) is 35.5 Å². The SMILES string of the molecule is CO[C@@H]1[C@H]2C[C@]3(C)C(=O)C[C@H]4C(C)(C)C[C@H]5O[C@]3([C@H]2C[C@H]1C)[C@]54C. The average Bonchev–Trinajstić information content (AvgIpc) is 2.99. The van der Waals surface area contributed by atoms with Crippen molar-refractivity contribution in [3.8, 4) is 0 Å². The number of carbonyl (C=O) groups excluding carboxylic acids is 1. The lowest BCUT2D eigenvalue weighted by atomic mass is 9.43. The Balaban J connectivity index is 1.68. The molecule has 0 amide bonds. The Labute approximate surface area is 145 Å². The van der Waals surface area contributed by atoms with Gasteiger partial charge in [-0.2, -0.15) is 0 Å². The molecule has 3 nitrogen and oxygen atoms in total. The molecular weight excluding hydrogens is 300 g/mol. The van der Waals surface area contributed by atoms with E-state index in [1.54, 1.807) is 0 Å². The van der Waals surface area contributed by atoms with Gasteiger partial charge in [0.05, 0.1) is 23.2 Å². The highest BCUT2D eigenvalue weighted by molar-refractivity contribution is 5.89. The highest BCUT2D eigenvalue weighted by atomic mass is 16.5. The molecule has 0 aromatic carbocycles. The fraction of sp³-hybridized carbons (Fsp3) is 0.952. The number of hydrogen-bond acceptors (Lipinski definition) is 3. The summed E-state index contributed by atoms with van der Waals surface area (Å²) in [6.07, 6.45) is 4.63. The van der Waals surface area contributed by atoms with Crippen LogP contribution in [-0.4, -0.2) is 30.7 Å². The Hall–Kier alpha value is -0.410. The van der Waals surface area contributed by atoms with Crippen LogP contribution in [0.3, 0.4) is 0 Å². The van der Waals surface area contributed by atoms with Crippen LogP contribution in [0.15, 0.2) is 0 Å². The predicted octanol–water partition coefficient (Wildman–Crippen LogP) is 3.85. The molecule has 0 N–H and O–H groups in total. The summed E-state index contributed by atoms with van der Waals surface area (Å²) in [5, 5.41) is 0. The van der Waals surface area contributed by atoms with E-state index < -0.39 is 0 Å². The predicted molar refractivity (Wildman–Crippen MR) is 91.5 cm³/mol. The van der Waals surface area contributed by atoms with Crippen molar-refractivity contribution in [3.63, 3.8) is 0 Å². The van der Waals surface area contributed by atoms with Gasteiger partial charge >= 0.3 is 0 Å². The van der Waals surface area contributed by atoms with Crippen LogP contribution in [0.4, 0.5) is 0 Å². The molecule has 5 fully saturated rings. The minimum absolute atomic E-state index is 0.168. The van der Waals surface area contributed by atoms with Gasteiger partial charge in [0.2, 0.25) is 0 Å². The number of Topliss-reactive ketones (excluding diaryl/α,β-unsaturated/α-hetero) is 1. The van der Waals surface area contributed by atoms with Gasteiger partial charge in [0, 0.05) is 18.9 Å². The zero-order chi connectivity index (χ0) is 17.3. The van der Waals surface area contributed by atoms with Crippen LogP contribution >= 0.6 is 0 Å². The Bertz CT molecular complexity index is 627. The van der Waals surface area contributed by atoms with Crippen LogP contribution in [0.25, 0.3) is 0 Å². The van der Waals surface area contributed by atoms with Gasteiger partial charge in [-0.3, -0.25) is 4.79 Å². The van der Waals surface area contributed by atoms with Gasteiger partial charge in [0.25, 0.3) is 0 Å². The molecular formula is C21H32O3. The number of ether oxygens (including phenoxy) is 2. The fourth-order valence-electron chi connectivity index (χ4n) is 8.78. The molecule has 5 aliphatic rings. The van der Waals surface area contributed by atoms with Crippen molar-refractivity contribution in [2.24, 2.45) is 39.9 Å². The molecule has 0 unspecified atom stereocenters. The minimum atomic E-state index is -0.304. The molecule has 134 valence electrons. The number of methoxy groups -OCH3 is 1. The first-order chi connectivity index (χ1) is 11.1. The number of carbonyl (C=O) groups is 1. The van der Waals surface area contributed by atoms with E-state index in [0.29, 0.717) is 41.7 Å². The molecule has 3 heteroatoms. The Morgan fingerprint density at radius 2 is 1.88 bits per heavy atom. The molecule has 5 rings (SSSR count). The van der Waals surface area contributed by atoms with Crippen molar-refractivity contribution in [3.05, 3.63) is 0 Å². The van der Waals surface area contributed by atoms with Crippen molar-refractivity contribution in [1.29, 1.82) is 0 Å². The quantitative estimate of drug-likeness (QED) is 0.732. The highest BCUT2D eigenvalue weighted by Gasteiger charge is 2.87. The third kappa shape index (κ3) is 1.28. The van der Waals surface area contributed by atoms with E-state index in [4.69, 9.17) is 9.47 Å². The molecule has 9 atom stereocenters. The highest BCUT2D eigenvalue weighted by Crippen LogP contribution is 2.82. The summed E-state index contributed by atoms with van der Waals surface area (Å²) >= 11 is 0. The van der Waals surface area contributed by atoms with Crippen molar-refractivity contribution in [2.75, 3.05) is 7.11 Å². The lowest BCUT2D eigenvalue weighted by molar-refractivity contribution is -0.367. The minimum Gasteiger partial charge on any atom is -0.381 e. The molecule has 4 aliphatic carbocycles. The maximum absolute atomic E-state index is 13.4. The second-order valence-electron chi connectivity index (χ2n) is 10.7. The molecule has 24 heavy (non-hydrogen) atoms. The first-order valence-corrected chi connectivity index (χ1v) is 9.87. The first-order valence-electron chi connectivity index (χ1n) is 9.87. The van der Waals surface area contributed by atoms with Crippen LogP contribution in [-0.2, 0) is 14.3 Å². The van der Waals surface area contributed by atoms with E-state index in [2.05, 4.69) is 34.6 Å². The van der Waals surface area contributed by atoms with E-state index >= 15 is 0 Å². The maximum atomic E-state index is 13.4. The van der Waals surface area contributed by atoms with Gasteiger partial charge in [-0.1, -0.05) is 27.7 Å². The second kappa shape index (κ2) is 4.11. The third-order valence-electron chi connectivity index (χ3n) is 9.56. The van der Waals surface area contributed by atoms with Gasteiger partial charge in [-0.05, 0) is 55.3 Å². The molecule has 1 saturated heterocycles. The summed E-state index contributed by atoms with van der Waals surface area (Å²) in [4.78, 5) is 13.4. The lowest BCUT2D eigenvalue weighted by Gasteiger charge is -2.70. The van der Waals surface area contributed by atoms with Gasteiger partial charge in [0.15, 0.2) is 0 Å². The summed E-state index contributed by atoms with van der Waals surface area (Å²) in [6, 6.07) is 0. The number of rotatable bonds is 1. The van der Waals surface area contributed by atoms with Gasteiger partial charge < -0.3 is 9.47 Å². The molecule has 0 bridgehead atoms. The summed E-state index contributed by atoms with van der Waals surface area (Å²) in [5.74, 6) is 2.49. The van der Waals surface area contributed by atoms with E-state index in [1.807, 2.05) is 7.11 Å². The van der Waals surface area contributed by atoms with Gasteiger partial charge in [-0.25, -0.2) is 0 Å². The Morgan fingerprint density at radius 3 is 2.54 bits per heavy atom. The second-order valence-corrected chi connectivity index (χ2v) is 10.7. The van der Waals surface area contributed by atoms with Crippen molar-refractivity contribution < 1.29 is 14.3 Å². The third-order valence-corrected chi connectivity index (χ3v) is 9.56. The molecule has 0 aromatic heterocycles. The maximum Gasteiger partial charge on any atom is 0.142 e. The Morgan fingerprint density at radius 1 is 1.17 bits per heavy atom. The van der Waals surface area contributed by atoms with Crippen LogP contribution in [0.1, 0.15) is 60.3 Å². The molecule has 4 saturated carbocycles. The smallest absolute Gasteiger partial charge is 0.142 e. The molecule has 1 heterocycles. The van der Waals surface area contributed by atoms with Gasteiger partial charge in [0.1, 0.15) is 5.78 Å².